The SMILES string of the molecule is COc1ccc2c(c1)OC(C(O)CN1CCC3(CC1)CNC(=O)CO3)CO2. The van der Waals surface area contributed by atoms with Gasteiger partial charge in [-0.05, 0) is 25.0 Å². The summed E-state index contributed by atoms with van der Waals surface area (Å²) in [5.41, 5.74) is -0.255. The summed E-state index contributed by atoms with van der Waals surface area (Å²) >= 11 is 0. The zero-order valence-corrected chi connectivity index (χ0v) is 15.5. The van der Waals surface area contributed by atoms with Gasteiger partial charge >= 0.3 is 0 Å². The Hall–Kier alpha value is -2.03. The highest BCUT2D eigenvalue weighted by molar-refractivity contribution is 5.78. The van der Waals surface area contributed by atoms with Gasteiger partial charge < -0.3 is 34.3 Å². The third-order valence-corrected chi connectivity index (χ3v) is 5.59. The van der Waals surface area contributed by atoms with E-state index in [-0.39, 0.29) is 18.1 Å². The number of morpholine rings is 1. The molecule has 0 bridgehead atoms. The van der Waals surface area contributed by atoms with Crippen molar-refractivity contribution < 1.29 is 28.8 Å². The monoisotopic (exact) mass is 378 g/mol. The average Bonchev–Trinajstić information content (AvgIpc) is 2.71. The molecule has 1 amide bonds. The van der Waals surface area contributed by atoms with E-state index in [1.54, 1.807) is 13.2 Å². The molecule has 3 heterocycles. The van der Waals surface area contributed by atoms with Gasteiger partial charge in [0.05, 0.1) is 12.7 Å². The predicted octanol–water partition coefficient (Wildman–Crippen LogP) is 0.177. The van der Waals surface area contributed by atoms with E-state index in [1.165, 1.54) is 0 Å². The quantitative estimate of drug-likeness (QED) is 0.772. The first kappa shape index (κ1) is 18.3. The van der Waals surface area contributed by atoms with Gasteiger partial charge in [0, 0.05) is 32.2 Å². The molecular weight excluding hydrogens is 352 g/mol. The minimum Gasteiger partial charge on any atom is -0.497 e. The number of benzene rings is 1. The first-order valence-corrected chi connectivity index (χ1v) is 9.35. The van der Waals surface area contributed by atoms with Crippen LogP contribution in [0.5, 0.6) is 17.2 Å². The Kier molecular flexibility index (Phi) is 5.12. The van der Waals surface area contributed by atoms with E-state index in [1.807, 2.05) is 12.1 Å². The van der Waals surface area contributed by atoms with Crippen molar-refractivity contribution in [3.8, 4) is 17.2 Å². The van der Waals surface area contributed by atoms with Crippen molar-refractivity contribution in [2.75, 3.05) is 46.5 Å². The van der Waals surface area contributed by atoms with Crippen molar-refractivity contribution in [1.29, 1.82) is 0 Å². The highest BCUT2D eigenvalue weighted by Gasteiger charge is 2.40. The number of nitrogens with zero attached hydrogens (tertiary/aromatic N) is 1. The maximum absolute atomic E-state index is 11.3. The highest BCUT2D eigenvalue weighted by Crippen LogP contribution is 2.36. The van der Waals surface area contributed by atoms with Crippen LogP contribution in [0.2, 0.25) is 0 Å². The molecule has 0 saturated carbocycles. The summed E-state index contributed by atoms with van der Waals surface area (Å²) in [4.78, 5) is 13.5. The Morgan fingerprint density at radius 1 is 1.37 bits per heavy atom. The Labute approximate surface area is 158 Å². The van der Waals surface area contributed by atoms with Crippen molar-refractivity contribution >= 4 is 5.91 Å². The molecule has 2 unspecified atom stereocenters. The van der Waals surface area contributed by atoms with E-state index in [2.05, 4.69) is 10.2 Å². The molecule has 0 aromatic heterocycles. The lowest BCUT2D eigenvalue weighted by atomic mass is 9.89. The zero-order valence-electron chi connectivity index (χ0n) is 15.5. The summed E-state index contributed by atoms with van der Waals surface area (Å²) in [5, 5.41) is 13.5. The van der Waals surface area contributed by atoms with E-state index in [9.17, 15) is 9.90 Å². The minimum absolute atomic E-state index is 0.0511. The number of ether oxygens (including phenoxy) is 4. The lowest BCUT2D eigenvalue weighted by Crippen LogP contribution is -2.58. The molecule has 3 aliphatic heterocycles. The number of carbonyl (C=O) groups is 1. The Morgan fingerprint density at radius 2 is 2.19 bits per heavy atom. The number of β-amino-alcohol motifs (C(OH)–C–C–N with tert-alkyl or cyclic N) is 1. The number of nitrogens with one attached hydrogen (secondary N) is 1. The van der Waals surface area contributed by atoms with E-state index in [0.29, 0.717) is 36.9 Å². The third-order valence-electron chi connectivity index (χ3n) is 5.59. The predicted molar refractivity (Wildman–Crippen MR) is 96.3 cm³/mol. The Balaban J connectivity index is 1.30. The lowest BCUT2D eigenvalue weighted by Gasteiger charge is -2.44. The number of methoxy groups -OCH3 is 1. The van der Waals surface area contributed by atoms with Gasteiger partial charge in [0.15, 0.2) is 17.6 Å². The molecule has 148 valence electrons. The lowest BCUT2D eigenvalue weighted by molar-refractivity contribution is -0.151. The standard InChI is InChI=1S/C19H26N2O6/c1-24-13-2-3-15-16(8-13)27-17(10-25-15)14(22)9-21-6-4-19(5-7-21)12-20-18(23)11-26-19/h2-3,8,14,17,22H,4-7,9-12H2,1H3,(H,20,23). The van der Waals surface area contributed by atoms with Crippen molar-refractivity contribution in [2.24, 2.45) is 0 Å². The van der Waals surface area contributed by atoms with Crippen LogP contribution in [0, 0.1) is 0 Å². The summed E-state index contributed by atoms with van der Waals surface area (Å²) in [6.45, 7) is 3.15. The number of hydrogen-bond acceptors (Lipinski definition) is 7. The number of hydrogen-bond donors (Lipinski definition) is 2. The molecule has 0 aliphatic carbocycles. The van der Waals surface area contributed by atoms with Crippen molar-refractivity contribution in [3.05, 3.63) is 18.2 Å². The summed E-state index contributed by atoms with van der Waals surface area (Å²) in [7, 11) is 1.60. The number of piperidine rings is 1. The molecule has 8 nitrogen and oxygen atoms in total. The van der Waals surface area contributed by atoms with E-state index in [4.69, 9.17) is 18.9 Å². The molecule has 2 fully saturated rings. The van der Waals surface area contributed by atoms with Crippen molar-refractivity contribution in [3.63, 3.8) is 0 Å². The molecule has 2 saturated heterocycles. The van der Waals surface area contributed by atoms with E-state index in [0.717, 1.165) is 25.9 Å². The van der Waals surface area contributed by atoms with Crippen LogP contribution in [-0.2, 0) is 9.53 Å². The van der Waals surface area contributed by atoms with Crippen LogP contribution in [0.3, 0.4) is 0 Å². The molecule has 1 spiro atoms. The molecule has 1 aromatic carbocycles. The van der Waals surface area contributed by atoms with Gasteiger partial charge in [0.1, 0.15) is 25.1 Å². The van der Waals surface area contributed by atoms with Crippen LogP contribution in [0.1, 0.15) is 12.8 Å². The van der Waals surface area contributed by atoms with Crippen molar-refractivity contribution in [1.82, 2.24) is 10.2 Å². The molecule has 0 radical (unpaired) electrons. The number of fused-ring (bicyclic) bond motifs is 1. The van der Waals surface area contributed by atoms with E-state index >= 15 is 0 Å². The molecule has 27 heavy (non-hydrogen) atoms. The maximum Gasteiger partial charge on any atom is 0.246 e. The fourth-order valence-corrected chi connectivity index (χ4v) is 3.81. The smallest absolute Gasteiger partial charge is 0.246 e. The zero-order chi connectivity index (χ0) is 18.9. The number of rotatable bonds is 4. The van der Waals surface area contributed by atoms with Gasteiger partial charge in [0.25, 0.3) is 0 Å². The Morgan fingerprint density at radius 3 is 2.89 bits per heavy atom. The van der Waals surface area contributed by atoms with E-state index < -0.39 is 12.2 Å². The first-order chi connectivity index (χ1) is 13.1. The summed E-state index contributed by atoms with van der Waals surface area (Å²) in [6.07, 6.45) is 0.584. The van der Waals surface area contributed by atoms with Crippen LogP contribution < -0.4 is 19.5 Å². The molecular formula is C19H26N2O6. The fraction of sp³-hybridized carbons (Fsp3) is 0.632. The number of aliphatic hydroxyl groups is 1. The molecule has 3 aliphatic rings. The average molecular weight is 378 g/mol. The van der Waals surface area contributed by atoms with Crippen LogP contribution in [0.25, 0.3) is 0 Å². The van der Waals surface area contributed by atoms with Gasteiger partial charge in [-0.2, -0.15) is 0 Å². The van der Waals surface area contributed by atoms with Crippen molar-refractivity contribution in [2.45, 2.75) is 30.7 Å². The van der Waals surface area contributed by atoms with Crippen LogP contribution in [0.15, 0.2) is 18.2 Å². The second kappa shape index (κ2) is 7.53. The highest BCUT2D eigenvalue weighted by atomic mass is 16.6. The molecule has 1 aromatic rings. The normalized spacial score (nSPS) is 25.7. The van der Waals surface area contributed by atoms with Crippen LogP contribution in [-0.4, -0.2) is 80.2 Å². The number of carbonyl (C=O) groups excluding carboxylic acids is 1. The molecule has 2 atom stereocenters. The fourth-order valence-electron chi connectivity index (χ4n) is 3.81. The number of aliphatic hydroxyl groups excluding tert-OH is 1. The van der Waals surface area contributed by atoms with Gasteiger partial charge in [0.2, 0.25) is 5.91 Å². The van der Waals surface area contributed by atoms with Gasteiger partial charge in [-0.1, -0.05) is 0 Å². The second-order valence-electron chi connectivity index (χ2n) is 7.40. The number of likely N-dealkylation sites (tertiary alicyclic amines) is 1. The van der Waals surface area contributed by atoms with Crippen LogP contribution in [0.4, 0.5) is 0 Å². The molecule has 4 rings (SSSR count). The summed E-state index contributed by atoms with van der Waals surface area (Å²) in [5.74, 6) is 1.89. The van der Waals surface area contributed by atoms with Gasteiger partial charge in [-0.3, -0.25) is 4.79 Å². The van der Waals surface area contributed by atoms with Crippen LogP contribution >= 0.6 is 0 Å². The largest absolute Gasteiger partial charge is 0.497 e. The topological polar surface area (TPSA) is 89.5 Å². The van der Waals surface area contributed by atoms with Gasteiger partial charge in [-0.25, -0.2) is 0 Å². The second-order valence-corrected chi connectivity index (χ2v) is 7.40. The maximum atomic E-state index is 11.3. The third kappa shape index (κ3) is 3.97. The van der Waals surface area contributed by atoms with Gasteiger partial charge in [-0.15, -0.1) is 0 Å². The first-order valence-electron chi connectivity index (χ1n) is 9.35. The Bertz CT molecular complexity index is 677. The molecule has 2 N–H and O–H groups in total. The summed E-state index contributed by atoms with van der Waals surface area (Å²) in [6, 6.07) is 5.40. The molecule has 8 heteroatoms. The number of amides is 1. The summed E-state index contributed by atoms with van der Waals surface area (Å²) < 4.78 is 22.7. The minimum atomic E-state index is -0.662.